The van der Waals surface area contributed by atoms with Crippen LogP contribution in [-0.4, -0.2) is 20.7 Å². The van der Waals surface area contributed by atoms with Crippen LogP contribution in [0.1, 0.15) is 51.1 Å². The molecule has 11 heteroatoms. The van der Waals surface area contributed by atoms with Crippen molar-refractivity contribution >= 4 is 22.4 Å². The van der Waals surface area contributed by atoms with Crippen LogP contribution in [0.15, 0.2) is 22.6 Å². The molecule has 6 nitrogen and oxygen atoms in total. The molecule has 0 unspecified atom stereocenters. The number of amides is 1. The maximum Gasteiger partial charge on any atom is 0.293 e. The molecule has 0 radical (unpaired) electrons. The topological polar surface area (TPSA) is 73.0 Å². The van der Waals surface area contributed by atoms with Gasteiger partial charge in [-0.05, 0) is 32.0 Å². The number of hydrogen-bond donors (Lipinski definition) is 1. The quantitative estimate of drug-likeness (QED) is 0.606. The van der Waals surface area contributed by atoms with Crippen molar-refractivity contribution < 1.29 is 26.8 Å². The number of carbonyl (C=O) groups excluding carboxylic acids is 1. The zero-order valence-corrected chi connectivity index (χ0v) is 15.0. The highest BCUT2D eigenvalue weighted by Crippen LogP contribution is 2.26. The zero-order valence-electron chi connectivity index (χ0n) is 14.2. The van der Waals surface area contributed by atoms with Crippen LogP contribution in [0.25, 0.3) is 0 Å². The van der Waals surface area contributed by atoms with E-state index < -0.39 is 30.1 Å². The number of anilines is 1. The average molecular weight is 402 g/mol. The standard InChI is InChI=1S/C16H14F4N4O2S/c1-7-8(2)27-16(21-7)22-15(25)12-4-3-9(26-12)6-24-11(14(19)20)5-10(23-24)13(17)18/h3-5,13-14H,6H2,1-2H3,(H,21,22,25). The second kappa shape index (κ2) is 7.51. The van der Waals surface area contributed by atoms with Crippen molar-refractivity contribution in [3.05, 3.63) is 51.7 Å². The molecule has 0 fully saturated rings. The normalized spacial score (nSPS) is 11.6. The van der Waals surface area contributed by atoms with Crippen molar-refractivity contribution in [2.75, 3.05) is 5.32 Å². The van der Waals surface area contributed by atoms with Gasteiger partial charge >= 0.3 is 0 Å². The highest BCUT2D eigenvalue weighted by molar-refractivity contribution is 7.15. The molecule has 1 N–H and O–H groups in total. The summed E-state index contributed by atoms with van der Waals surface area (Å²) in [6, 6.07) is 3.41. The number of carbonyl (C=O) groups is 1. The zero-order chi connectivity index (χ0) is 19.7. The number of aryl methyl sites for hydroxylation is 2. The molecule has 3 aromatic rings. The van der Waals surface area contributed by atoms with Gasteiger partial charge in [-0.15, -0.1) is 11.3 Å². The van der Waals surface area contributed by atoms with Crippen LogP contribution in [0.3, 0.4) is 0 Å². The van der Waals surface area contributed by atoms with E-state index in [0.29, 0.717) is 11.2 Å². The van der Waals surface area contributed by atoms with Gasteiger partial charge in [-0.3, -0.25) is 14.8 Å². The summed E-state index contributed by atoms with van der Waals surface area (Å²) in [7, 11) is 0. The fourth-order valence-electron chi connectivity index (χ4n) is 2.28. The van der Waals surface area contributed by atoms with Crippen molar-refractivity contribution in [1.82, 2.24) is 14.8 Å². The summed E-state index contributed by atoms with van der Waals surface area (Å²) in [5, 5.41) is 6.46. The Balaban J connectivity index is 1.75. The molecule has 27 heavy (non-hydrogen) atoms. The van der Waals surface area contributed by atoms with E-state index >= 15 is 0 Å². The van der Waals surface area contributed by atoms with Gasteiger partial charge in [-0.2, -0.15) is 5.10 Å². The van der Waals surface area contributed by atoms with Crippen molar-refractivity contribution in [1.29, 1.82) is 0 Å². The SMILES string of the molecule is Cc1nc(NC(=O)c2ccc(Cn3nc(C(F)F)cc3C(F)F)o2)sc1C. The lowest BCUT2D eigenvalue weighted by molar-refractivity contribution is 0.0994. The summed E-state index contributed by atoms with van der Waals surface area (Å²) in [6.45, 7) is 3.37. The van der Waals surface area contributed by atoms with Gasteiger partial charge in [0, 0.05) is 4.88 Å². The third kappa shape index (κ3) is 4.18. The number of furan rings is 1. The average Bonchev–Trinajstić information content (AvgIpc) is 3.28. The van der Waals surface area contributed by atoms with Crippen LogP contribution >= 0.6 is 11.3 Å². The van der Waals surface area contributed by atoms with E-state index in [1.165, 1.54) is 23.5 Å². The maximum absolute atomic E-state index is 13.0. The highest BCUT2D eigenvalue weighted by atomic mass is 32.1. The molecule has 0 atom stereocenters. The summed E-state index contributed by atoms with van der Waals surface area (Å²) in [5.41, 5.74) is -0.603. The highest BCUT2D eigenvalue weighted by Gasteiger charge is 2.22. The minimum Gasteiger partial charge on any atom is -0.454 e. The Labute approximate surface area is 154 Å². The minimum absolute atomic E-state index is 0.0599. The van der Waals surface area contributed by atoms with Crippen LogP contribution in [0.2, 0.25) is 0 Å². The number of nitrogens with one attached hydrogen (secondary N) is 1. The molecule has 0 spiro atoms. The van der Waals surface area contributed by atoms with Gasteiger partial charge in [0.2, 0.25) is 0 Å². The van der Waals surface area contributed by atoms with Crippen LogP contribution < -0.4 is 5.32 Å². The van der Waals surface area contributed by atoms with Crippen molar-refractivity contribution in [3.63, 3.8) is 0 Å². The number of alkyl halides is 4. The van der Waals surface area contributed by atoms with E-state index in [4.69, 9.17) is 4.42 Å². The summed E-state index contributed by atoms with van der Waals surface area (Å²) in [4.78, 5) is 17.3. The number of rotatable bonds is 6. The van der Waals surface area contributed by atoms with E-state index in [2.05, 4.69) is 15.4 Å². The van der Waals surface area contributed by atoms with Crippen LogP contribution in [0.4, 0.5) is 22.7 Å². The molecule has 0 saturated carbocycles. The lowest BCUT2D eigenvalue weighted by atomic mass is 10.3. The minimum atomic E-state index is -2.97. The van der Waals surface area contributed by atoms with E-state index in [1.807, 2.05) is 13.8 Å². The van der Waals surface area contributed by atoms with E-state index in [-0.39, 0.29) is 18.1 Å². The first-order chi connectivity index (χ1) is 12.7. The molecule has 3 heterocycles. The fourth-order valence-corrected chi connectivity index (χ4v) is 3.09. The molecule has 3 rings (SSSR count). The number of hydrogen-bond acceptors (Lipinski definition) is 5. The lowest BCUT2D eigenvalue weighted by Crippen LogP contribution is -2.11. The van der Waals surface area contributed by atoms with Gasteiger partial charge in [0.05, 0.1) is 12.2 Å². The molecule has 0 aliphatic heterocycles. The van der Waals surface area contributed by atoms with Gasteiger partial charge in [-0.25, -0.2) is 22.5 Å². The van der Waals surface area contributed by atoms with Crippen molar-refractivity contribution in [2.45, 2.75) is 33.2 Å². The van der Waals surface area contributed by atoms with E-state index in [1.54, 1.807) is 0 Å². The summed E-state index contributed by atoms with van der Waals surface area (Å²) in [5.74, 6) is -0.495. The molecule has 0 saturated heterocycles. The molecule has 0 bridgehead atoms. The Morgan fingerprint density at radius 3 is 2.59 bits per heavy atom. The molecule has 0 aliphatic rings. The molecular formula is C16H14F4N4O2S. The largest absolute Gasteiger partial charge is 0.454 e. The van der Waals surface area contributed by atoms with Crippen molar-refractivity contribution in [3.8, 4) is 0 Å². The third-order valence-electron chi connectivity index (χ3n) is 3.72. The Morgan fingerprint density at radius 2 is 2.00 bits per heavy atom. The van der Waals surface area contributed by atoms with Gasteiger partial charge in [0.1, 0.15) is 17.1 Å². The number of thiazole rings is 1. The van der Waals surface area contributed by atoms with Crippen LogP contribution in [0, 0.1) is 13.8 Å². The summed E-state index contributed by atoms with van der Waals surface area (Å²) >= 11 is 1.30. The van der Waals surface area contributed by atoms with Crippen LogP contribution in [-0.2, 0) is 6.54 Å². The van der Waals surface area contributed by atoms with Gasteiger partial charge in [0.15, 0.2) is 10.9 Å². The first-order valence-electron chi connectivity index (χ1n) is 7.72. The summed E-state index contributed by atoms with van der Waals surface area (Å²) < 4.78 is 57.5. The molecule has 1 amide bonds. The van der Waals surface area contributed by atoms with E-state index in [9.17, 15) is 22.4 Å². The van der Waals surface area contributed by atoms with Crippen LogP contribution in [0.5, 0.6) is 0 Å². The van der Waals surface area contributed by atoms with Gasteiger partial charge < -0.3 is 4.42 Å². The van der Waals surface area contributed by atoms with Gasteiger partial charge in [-0.1, -0.05) is 0 Å². The second-order valence-corrected chi connectivity index (χ2v) is 6.84. The molecule has 0 aromatic carbocycles. The Hall–Kier alpha value is -2.69. The predicted molar refractivity (Wildman–Crippen MR) is 89.5 cm³/mol. The lowest BCUT2D eigenvalue weighted by Gasteiger charge is -2.04. The molecule has 144 valence electrons. The van der Waals surface area contributed by atoms with E-state index in [0.717, 1.165) is 15.3 Å². The number of nitrogens with zero attached hydrogens (tertiary/aromatic N) is 3. The number of aromatic nitrogens is 3. The van der Waals surface area contributed by atoms with Crippen molar-refractivity contribution in [2.24, 2.45) is 0 Å². The van der Waals surface area contributed by atoms with Gasteiger partial charge in [0.25, 0.3) is 18.8 Å². The maximum atomic E-state index is 13.0. The molecular weight excluding hydrogens is 388 g/mol. The summed E-state index contributed by atoms with van der Waals surface area (Å²) in [6.07, 6.45) is -5.94. The second-order valence-electron chi connectivity index (χ2n) is 5.63. The molecule has 3 aromatic heterocycles. The first-order valence-corrected chi connectivity index (χ1v) is 8.54. The third-order valence-corrected chi connectivity index (χ3v) is 4.71. The Bertz CT molecular complexity index is 944. The Kier molecular flexibility index (Phi) is 5.31. The molecule has 0 aliphatic carbocycles. The Morgan fingerprint density at radius 1 is 1.26 bits per heavy atom. The monoisotopic (exact) mass is 402 g/mol. The predicted octanol–water partition coefficient (Wildman–Crippen LogP) is 4.73. The first kappa shape index (κ1) is 19.1. The fraction of sp³-hybridized carbons (Fsp3) is 0.312. The number of halogens is 4. The smallest absolute Gasteiger partial charge is 0.293 e.